The van der Waals surface area contributed by atoms with Crippen LogP contribution in [-0.4, -0.2) is 39.6 Å². The highest BCUT2D eigenvalue weighted by atomic mass is 16.3. The number of pyridine rings is 1. The molecule has 3 atom stereocenters. The first kappa shape index (κ1) is 20.1. The summed E-state index contributed by atoms with van der Waals surface area (Å²) < 4.78 is 0. The van der Waals surface area contributed by atoms with Crippen LogP contribution in [0.1, 0.15) is 48.4 Å². The number of rotatable bonds is 4. The molecule has 0 bridgehead atoms. The summed E-state index contributed by atoms with van der Waals surface area (Å²) in [4.78, 5) is 18.5. The van der Waals surface area contributed by atoms with Crippen LogP contribution in [0.25, 0.3) is 0 Å². The molecule has 5 heteroatoms. The van der Waals surface area contributed by atoms with E-state index in [2.05, 4.69) is 22.9 Å². The van der Waals surface area contributed by atoms with Crippen molar-refractivity contribution < 1.29 is 9.90 Å². The summed E-state index contributed by atoms with van der Waals surface area (Å²) in [6, 6.07) is 14.6. The zero-order valence-corrected chi connectivity index (χ0v) is 16.9. The second-order valence-corrected chi connectivity index (χ2v) is 8.02. The third kappa shape index (κ3) is 4.08. The first-order chi connectivity index (χ1) is 14.7. The quantitative estimate of drug-likeness (QED) is 0.802. The standard InChI is InChI=1S/C25H25N3O2/c26-16-22-25(20-12-10-19(11-13-20)9-8-18-5-1-2-6-18)23(17-29)28(22)24(30)15-21-7-3-4-14-27-21/h3-4,7,10-14,18,22-23,25,29H,1-2,5-6,15,17H2/t22-,23+,25+/m1/s1. The third-order valence-electron chi connectivity index (χ3n) is 6.15. The summed E-state index contributed by atoms with van der Waals surface area (Å²) in [6.07, 6.45) is 6.69. The van der Waals surface area contributed by atoms with Gasteiger partial charge >= 0.3 is 0 Å². The van der Waals surface area contributed by atoms with Crippen molar-refractivity contribution in [2.75, 3.05) is 6.61 Å². The van der Waals surface area contributed by atoms with E-state index in [0.29, 0.717) is 11.6 Å². The Kier molecular flexibility index (Phi) is 6.12. The molecule has 0 spiro atoms. The molecule has 1 saturated carbocycles. The molecule has 1 aliphatic heterocycles. The van der Waals surface area contributed by atoms with Crippen LogP contribution in [0.3, 0.4) is 0 Å². The van der Waals surface area contributed by atoms with Crippen molar-refractivity contribution in [1.29, 1.82) is 5.26 Å². The summed E-state index contributed by atoms with van der Waals surface area (Å²) in [6.45, 7) is -0.181. The van der Waals surface area contributed by atoms with E-state index in [9.17, 15) is 15.2 Å². The molecule has 1 saturated heterocycles. The smallest absolute Gasteiger partial charge is 0.230 e. The largest absolute Gasteiger partial charge is 0.394 e. The van der Waals surface area contributed by atoms with Crippen LogP contribution in [0.5, 0.6) is 0 Å². The topological polar surface area (TPSA) is 77.2 Å². The van der Waals surface area contributed by atoms with Crippen molar-refractivity contribution in [2.24, 2.45) is 5.92 Å². The number of nitrogens with zero attached hydrogens (tertiary/aromatic N) is 3. The predicted octanol–water partition coefficient (Wildman–Crippen LogP) is 3.04. The van der Waals surface area contributed by atoms with Gasteiger partial charge in [0.15, 0.2) is 0 Å². The maximum absolute atomic E-state index is 12.8. The molecule has 1 aromatic carbocycles. The molecule has 4 rings (SSSR count). The Morgan fingerprint density at radius 2 is 1.93 bits per heavy atom. The highest BCUT2D eigenvalue weighted by Crippen LogP contribution is 2.40. The fourth-order valence-corrected chi connectivity index (χ4v) is 4.54. The summed E-state index contributed by atoms with van der Waals surface area (Å²) in [7, 11) is 0. The minimum Gasteiger partial charge on any atom is -0.394 e. The molecule has 2 aromatic rings. The zero-order valence-electron chi connectivity index (χ0n) is 16.9. The van der Waals surface area contributed by atoms with Crippen molar-refractivity contribution in [1.82, 2.24) is 9.88 Å². The molecular weight excluding hydrogens is 374 g/mol. The van der Waals surface area contributed by atoms with Crippen LogP contribution in [-0.2, 0) is 11.2 Å². The van der Waals surface area contributed by atoms with Gasteiger partial charge < -0.3 is 10.0 Å². The second-order valence-electron chi connectivity index (χ2n) is 8.02. The van der Waals surface area contributed by atoms with E-state index in [1.165, 1.54) is 30.6 Å². The molecule has 0 radical (unpaired) electrons. The van der Waals surface area contributed by atoms with E-state index >= 15 is 0 Å². The van der Waals surface area contributed by atoms with Gasteiger partial charge in [-0.25, -0.2) is 0 Å². The number of likely N-dealkylation sites (tertiary alicyclic amines) is 1. The van der Waals surface area contributed by atoms with Gasteiger partial charge in [0.1, 0.15) is 6.04 Å². The number of aliphatic hydroxyl groups excluding tert-OH is 1. The summed E-state index contributed by atoms with van der Waals surface area (Å²) in [5, 5.41) is 19.6. The highest BCUT2D eigenvalue weighted by molar-refractivity contribution is 5.81. The number of aliphatic hydroxyl groups is 1. The zero-order chi connectivity index (χ0) is 20.9. The van der Waals surface area contributed by atoms with Crippen molar-refractivity contribution in [3.8, 4) is 17.9 Å². The number of carbonyl (C=O) groups excluding carboxylic acids is 1. The Balaban J connectivity index is 1.47. The van der Waals surface area contributed by atoms with E-state index in [4.69, 9.17) is 0 Å². The number of hydrogen-bond acceptors (Lipinski definition) is 4. The third-order valence-corrected chi connectivity index (χ3v) is 6.15. The average Bonchev–Trinajstić information content (AvgIpc) is 3.27. The van der Waals surface area contributed by atoms with Crippen molar-refractivity contribution in [3.63, 3.8) is 0 Å². The lowest BCUT2D eigenvalue weighted by Gasteiger charge is -2.51. The molecule has 0 unspecified atom stereocenters. The van der Waals surface area contributed by atoms with Gasteiger partial charge in [0.2, 0.25) is 5.91 Å². The Labute approximate surface area is 177 Å². The summed E-state index contributed by atoms with van der Waals surface area (Å²) >= 11 is 0. The highest BCUT2D eigenvalue weighted by Gasteiger charge is 2.51. The van der Waals surface area contributed by atoms with Gasteiger partial charge in [-0.3, -0.25) is 9.78 Å². The van der Waals surface area contributed by atoms with E-state index in [1.54, 1.807) is 18.3 Å². The fraction of sp³-hybridized carbons (Fsp3) is 0.400. The molecule has 1 amide bonds. The van der Waals surface area contributed by atoms with Gasteiger partial charge in [-0.15, -0.1) is 0 Å². The lowest BCUT2D eigenvalue weighted by atomic mass is 9.75. The summed E-state index contributed by atoms with van der Waals surface area (Å²) in [5.74, 6) is 6.74. The van der Waals surface area contributed by atoms with Crippen LogP contribution in [0.4, 0.5) is 0 Å². The van der Waals surface area contributed by atoms with Gasteiger partial charge in [-0.2, -0.15) is 5.26 Å². The van der Waals surface area contributed by atoms with Gasteiger partial charge in [0.05, 0.1) is 25.1 Å². The minimum absolute atomic E-state index is 0.123. The van der Waals surface area contributed by atoms with Crippen LogP contribution < -0.4 is 0 Å². The first-order valence-corrected chi connectivity index (χ1v) is 10.5. The number of carbonyl (C=O) groups is 1. The maximum Gasteiger partial charge on any atom is 0.230 e. The number of benzene rings is 1. The van der Waals surface area contributed by atoms with Gasteiger partial charge in [-0.05, 0) is 42.7 Å². The normalized spacial score (nSPS) is 23.2. The number of hydrogen-bond donors (Lipinski definition) is 1. The average molecular weight is 399 g/mol. The maximum atomic E-state index is 12.8. The predicted molar refractivity (Wildman–Crippen MR) is 113 cm³/mol. The van der Waals surface area contributed by atoms with Crippen LogP contribution in [0.15, 0.2) is 48.7 Å². The van der Waals surface area contributed by atoms with Crippen LogP contribution >= 0.6 is 0 Å². The number of aromatic nitrogens is 1. The second kappa shape index (κ2) is 9.11. The molecule has 152 valence electrons. The lowest BCUT2D eigenvalue weighted by molar-refractivity contribution is -0.146. The van der Waals surface area contributed by atoms with Gasteiger partial charge in [-0.1, -0.05) is 42.9 Å². The van der Waals surface area contributed by atoms with Crippen molar-refractivity contribution in [2.45, 2.75) is 50.1 Å². The van der Waals surface area contributed by atoms with E-state index in [0.717, 1.165) is 11.1 Å². The SMILES string of the molecule is N#C[C@@H]1[C@H](c2ccc(C#CC3CCCC3)cc2)[C@H](CO)N1C(=O)Cc1ccccn1. The molecule has 5 nitrogen and oxygen atoms in total. The van der Waals surface area contributed by atoms with E-state index in [-0.39, 0.29) is 24.9 Å². The van der Waals surface area contributed by atoms with Gasteiger partial charge in [0, 0.05) is 29.3 Å². The van der Waals surface area contributed by atoms with Crippen LogP contribution in [0, 0.1) is 29.1 Å². The molecule has 30 heavy (non-hydrogen) atoms. The first-order valence-electron chi connectivity index (χ1n) is 10.5. The Bertz CT molecular complexity index is 979. The molecule has 2 fully saturated rings. The monoisotopic (exact) mass is 399 g/mol. The Morgan fingerprint density at radius 1 is 1.17 bits per heavy atom. The Hall–Kier alpha value is -3.15. The van der Waals surface area contributed by atoms with Gasteiger partial charge in [0.25, 0.3) is 0 Å². The summed E-state index contributed by atoms with van der Waals surface area (Å²) in [5.41, 5.74) is 2.57. The molecule has 1 aromatic heterocycles. The minimum atomic E-state index is -0.589. The number of amides is 1. The van der Waals surface area contributed by atoms with Crippen molar-refractivity contribution in [3.05, 3.63) is 65.5 Å². The molecule has 2 heterocycles. The molecule has 2 aliphatic rings. The Morgan fingerprint density at radius 3 is 2.57 bits per heavy atom. The van der Waals surface area contributed by atoms with E-state index < -0.39 is 12.1 Å². The lowest BCUT2D eigenvalue weighted by Crippen LogP contribution is -2.65. The fourth-order valence-electron chi connectivity index (χ4n) is 4.54. The van der Waals surface area contributed by atoms with E-state index in [1.807, 2.05) is 30.3 Å². The molecular formula is C25H25N3O2. The van der Waals surface area contributed by atoms with Crippen LogP contribution in [0.2, 0.25) is 0 Å². The molecule has 1 N–H and O–H groups in total. The van der Waals surface area contributed by atoms with Crippen molar-refractivity contribution >= 4 is 5.91 Å². The molecule has 1 aliphatic carbocycles. The number of nitriles is 1.